The minimum Gasteiger partial charge on any atom is -0.444 e. The number of carbonyl (C=O) groups is 1. The van der Waals surface area contributed by atoms with Crippen molar-refractivity contribution in [2.45, 2.75) is 32.5 Å². The van der Waals surface area contributed by atoms with E-state index < -0.39 is 6.09 Å². The van der Waals surface area contributed by atoms with E-state index in [1.54, 1.807) is 18.3 Å². The van der Waals surface area contributed by atoms with Crippen LogP contribution in [-0.4, -0.2) is 34.2 Å². The number of nitrogens with one attached hydrogen (secondary N) is 1. The van der Waals surface area contributed by atoms with E-state index in [1.165, 1.54) is 16.5 Å². The van der Waals surface area contributed by atoms with E-state index in [2.05, 4.69) is 20.3 Å². The summed E-state index contributed by atoms with van der Waals surface area (Å²) in [5, 5.41) is 10.5. The molecule has 5 rings (SSSR count). The summed E-state index contributed by atoms with van der Waals surface area (Å²) in [6, 6.07) is 10.9. The van der Waals surface area contributed by atoms with E-state index in [4.69, 9.17) is 4.74 Å². The molecule has 1 aromatic heterocycles. The molecule has 2 aliphatic heterocycles. The molecule has 7 nitrogen and oxygen atoms in total. The highest BCUT2D eigenvalue weighted by Crippen LogP contribution is 2.33. The molecule has 148 valence electrons. The minimum atomic E-state index is -0.421. The molecule has 1 saturated heterocycles. The molecule has 3 aromatic rings. The molecule has 0 unspecified atom stereocenters. The number of H-pyrrole nitrogens is 1. The monoisotopic (exact) mass is 393 g/mol. The predicted octanol–water partition coefficient (Wildman–Crippen LogP) is 3.87. The van der Waals surface area contributed by atoms with E-state index in [1.807, 2.05) is 25.1 Å². The summed E-state index contributed by atoms with van der Waals surface area (Å²) in [6.45, 7) is 3.88. The number of amides is 1. The fourth-order valence-corrected chi connectivity index (χ4v) is 3.93. The number of aromatic nitrogens is 3. The molecule has 2 aliphatic rings. The van der Waals surface area contributed by atoms with Gasteiger partial charge in [-0.15, -0.1) is 5.10 Å². The fourth-order valence-electron chi connectivity index (χ4n) is 3.93. The van der Waals surface area contributed by atoms with Crippen LogP contribution in [0.25, 0.3) is 11.1 Å². The lowest BCUT2D eigenvalue weighted by molar-refractivity contribution is 0.139. The van der Waals surface area contributed by atoms with Crippen molar-refractivity contribution in [2.75, 3.05) is 16.3 Å². The second-order valence-electron chi connectivity index (χ2n) is 7.37. The Hall–Kier alpha value is -3.42. The van der Waals surface area contributed by atoms with E-state index in [0.29, 0.717) is 24.3 Å². The molecule has 1 atom stereocenters. The molecule has 3 heterocycles. The molecule has 0 bridgehead atoms. The van der Waals surface area contributed by atoms with Crippen molar-refractivity contribution in [1.82, 2.24) is 15.4 Å². The third-order valence-corrected chi connectivity index (χ3v) is 5.58. The molecule has 8 heteroatoms. The molecule has 2 aromatic carbocycles. The average Bonchev–Trinajstić information content (AvgIpc) is 3.46. The summed E-state index contributed by atoms with van der Waals surface area (Å²) in [5.41, 5.74) is 4.19. The van der Waals surface area contributed by atoms with Gasteiger partial charge in [0.15, 0.2) is 0 Å². The first-order chi connectivity index (χ1) is 14.1. The molecule has 0 aliphatic carbocycles. The quantitative estimate of drug-likeness (QED) is 0.728. The first kappa shape index (κ1) is 17.7. The van der Waals surface area contributed by atoms with Crippen LogP contribution in [0, 0.1) is 5.82 Å². The van der Waals surface area contributed by atoms with Crippen LogP contribution in [0.5, 0.6) is 0 Å². The lowest BCUT2D eigenvalue weighted by atomic mass is 10.00. The Morgan fingerprint density at radius 2 is 2.07 bits per heavy atom. The van der Waals surface area contributed by atoms with Crippen molar-refractivity contribution in [1.29, 1.82) is 0 Å². The maximum Gasteiger partial charge on any atom is 0.414 e. The fraction of sp³-hybridized carbons (Fsp3) is 0.286. The molecule has 0 saturated carbocycles. The summed E-state index contributed by atoms with van der Waals surface area (Å²) >= 11 is 0. The third-order valence-electron chi connectivity index (χ3n) is 5.58. The Labute approximate surface area is 167 Å². The lowest BCUT2D eigenvalue weighted by Crippen LogP contribution is -2.24. The van der Waals surface area contributed by atoms with E-state index in [9.17, 15) is 9.18 Å². The van der Waals surface area contributed by atoms with E-state index in [-0.39, 0.29) is 11.9 Å². The van der Waals surface area contributed by atoms with E-state index in [0.717, 1.165) is 29.9 Å². The van der Waals surface area contributed by atoms with Crippen LogP contribution in [0.3, 0.4) is 0 Å². The zero-order chi connectivity index (χ0) is 20.0. The SMILES string of the molecule is CC[C@H]1CN(c2ccc(-c3ccc4c(c3)CN(c3cnn[nH]3)C4)c(F)c2)C(=O)O1. The van der Waals surface area contributed by atoms with Crippen molar-refractivity contribution < 1.29 is 13.9 Å². The topological polar surface area (TPSA) is 74.4 Å². The van der Waals surface area contributed by atoms with Gasteiger partial charge >= 0.3 is 6.09 Å². The third kappa shape index (κ3) is 3.10. The number of hydrogen-bond acceptors (Lipinski definition) is 5. The number of nitrogens with zero attached hydrogens (tertiary/aromatic N) is 4. The van der Waals surface area contributed by atoms with Crippen LogP contribution >= 0.6 is 0 Å². The summed E-state index contributed by atoms with van der Waals surface area (Å²) in [4.78, 5) is 15.7. The normalized spacial score (nSPS) is 18.3. The van der Waals surface area contributed by atoms with Crippen LogP contribution in [0.15, 0.2) is 42.6 Å². The van der Waals surface area contributed by atoms with Gasteiger partial charge in [-0.2, -0.15) is 0 Å². The van der Waals surface area contributed by atoms with Crippen molar-refractivity contribution >= 4 is 17.6 Å². The van der Waals surface area contributed by atoms with Crippen molar-refractivity contribution in [3.63, 3.8) is 0 Å². The number of benzene rings is 2. The first-order valence-electron chi connectivity index (χ1n) is 9.63. The first-order valence-corrected chi connectivity index (χ1v) is 9.63. The molecule has 0 radical (unpaired) electrons. The maximum absolute atomic E-state index is 14.9. The molecule has 1 N–H and O–H groups in total. The number of cyclic esters (lactones) is 1. The van der Waals surface area contributed by atoms with Crippen LogP contribution in [0.2, 0.25) is 0 Å². The maximum atomic E-state index is 14.9. The highest BCUT2D eigenvalue weighted by molar-refractivity contribution is 5.90. The molecular formula is C21H20FN5O2. The van der Waals surface area contributed by atoms with E-state index >= 15 is 0 Å². The zero-order valence-electron chi connectivity index (χ0n) is 15.9. The van der Waals surface area contributed by atoms with Gasteiger partial charge in [0.2, 0.25) is 0 Å². The molecular weight excluding hydrogens is 373 g/mol. The summed E-state index contributed by atoms with van der Waals surface area (Å²) in [6.07, 6.45) is 1.87. The van der Waals surface area contributed by atoms with Crippen molar-refractivity contribution in [2.24, 2.45) is 0 Å². The van der Waals surface area contributed by atoms with Gasteiger partial charge in [0, 0.05) is 18.7 Å². The van der Waals surface area contributed by atoms with Gasteiger partial charge in [-0.25, -0.2) is 14.3 Å². The van der Waals surface area contributed by atoms with Gasteiger partial charge < -0.3 is 9.64 Å². The minimum absolute atomic E-state index is 0.144. The Bertz CT molecular complexity index is 1070. The second kappa shape index (κ2) is 6.88. The molecule has 29 heavy (non-hydrogen) atoms. The summed E-state index contributed by atoms with van der Waals surface area (Å²) < 4.78 is 20.2. The number of rotatable bonds is 4. The van der Waals surface area contributed by atoms with Crippen molar-refractivity contribution in [3.05, 3.63) is 59.5 Å². The van der Waals surface area contributed by atoms with Gasteiger partial charge in [-0.05, 0) is 47.4 Å². The van der Waals surface area contributed by atoms with Gasteiger partial charge in [-0.1, -0.05) is 24.3 Å². The van der Waals surface area contributed by atoms with Crippen LogP contribution in [-0.2, 0) is 17.8 Å². The lowest BCUT2D eigenvalue weighted by Gasteiger charge is -2.14. The Kier molecular flexibility index (Phi) is 4.19. The van der Waals surface area contributed by atoms with Crippen LogP contribution < -0.4 is 9.80 Å². The van der Waals surface area contributed by atoms with Gasteiger partial charge in [0.25, 0.3) is 0 Å². The Balaban J connectivity index is 1.40. The molecule has 0 spiro atoms. The number of hydrogen-bond donors (Lipinski definition) is 1. The molecule has 1 fully saturated rings. The Morgan fingerprint density at radius 3 is 2.79 bits per heavy atom. The zero-order valence-corrected chi connectivity index (χ0v) is 15.9. The highest BCUT2D eigenvalue weighted by Gasteiger charge is 2.31. The second-order valence-corrected chi connectivity index (χ2v) is 7.37. The van der Waals surface area contributed by atoms with Crippen molar-refractivity contribution in [3.8, 4) is 11.1 Å². The highest BCUT2D eigenvalue weighted by atomic mass is 19.1. The van der Waals surface area contributed by atoms with Crippen LogP contribution in [0.4, 0.5) is 20.7 Å². The number of carbonyl (C=O) groups excluding carboxylic acids is 1. The number of fused-ring (bicyclic) bond motifs is 1. The number of anilines is 2. The standard InChI is InChI=1S/C21H20FN5O2/c1-2-17-12-27(21(28)29-17)16-5-6-18(19(22)8-16)13-3-4-14-10-26(11-15(14)7-13)20-9-23-25-24-20/h3-9,17H,2,10-12H2,1H3,(H,23,24,25)/t17-/m0/s1. The summed E-state index contributed by atoms with van der Waals surface area (Å²) in [5.74, 6) is 0.504. The number of ether oxygens (including phenoxy) is 1. The number of aromatic amines is 1. The van der Waals surface area contributed by atoms with Gasteiger partial charge in [0.05, 0.1) is 18.4 Å². The van der Waals surface area contributed by atoms with Gasteiger partial charge in [0.1, 0.15) is 17.7 Å². The van der Waals surface area contributed by atoms with Gasteiger partial charge in [-0.3, -0.25) is 4.90 Å². The Morgan fingerprint density at radius 1 is 1.21 bits per heavy atom. The predicted molar refractivity (Wildman–Crippen MR) is 106 cm³/mol. The molecule has 1 amide bonds. The average molecular weight is 393 g/mol. The van der Waals surface area contributed by atoms with Crippen LogP contribution in [0.1, 0.15) is 24.5 Å². The number of halogens is 1. The smallest absolute Gasteiger partial charge is 0.414 e. The summed E-state index contributed by atoms with van der Waals surface area (Å²) in [7, 11) is 0. The largest absolute Gasteiger partial charge is 0.444 e.